The van der Waals surface area contributed by atoms with E-state index in [2.05, 4.69) is 30.6 Å². The first-order valence-electron chi connectivity index (χ1n) is 7.54. The van der Waals surface area contributed by atoms with Crippen molar-refractivity contribution in [1.82, 2.24) is 29.8 Å². The quantitative estimate of drug-likeness (QED) is 0.532. The molecule has 27 heavy (non-hydrogen) atoms. The Morgan fingerprint density at radius 2 is 1.89 bits per heavy atom. The molecule has 4 aromatic rings. The van der Waals surface area contributed by atoms with Gasteiger partial charge in [0.2, 0.25) is 5.95 Å². The minimum atomic E-state index is -4.53. The fourth-order valence-electron chi connectivity index (χ4n) is 2.44. The second-order valence-corrected chi connectivity index (χ2v) is 5.82. The van der Waals surface area contributed by atoms with Gasteiger partial charge in [-0.1, -0.05) is 11.6 Å². The summed E-state index contributed by atoms with van der Waals surface area (Å²) >= 11 is 5.74. The van der Waals surface area contributed by atoms with Crippen LogP contribution in [0.2, 0.25) is 5.15 Å². The Labute approximate surface area is 154 Å². The molecule has 0 radical (unpaired) electrons. The zero-order valence-electron chi connectivity index (χ0n) is 13.3. The highest BCUT2D eigenvalue weighted by Gasteiger charge is 2.34. The van der Waals surface area contributed by atoms with Crippen molar-refractivity contribution in [3.63, 3.8) is 0 Å². The topological polar surface area (TPSA) is 80.9 Å². The molecule has 4 heterocycles. The molecule has 0 saturated carbocycles. The molecule has 0 unspecified atom stereocenters. The predicted molar refractivity (Wildman–Crippen MR) is 91.5 cm³/mol. The van der Waals surface area contributed by atoms with Crippen molar-refractivity contribution in [2.45, 2.75) is 6.18 Å². The van der Waals surface area contributed by atoms with E-state index in [1.54, 1.807) is 12.1 Å². The molecule has 0 atom stereocenters. The van der Waals surface area contributed by atoms with E-state index in [0.29, 0.717) is 10.8 Å². The summed E-state index contributed by atoms with van der Waals surface area (Å²) in [5.41, 5.74) is -0.0254. The fraction of sp³-hybridized carbons (Fsp3) is 0.0625. The maximum atomic E-state index is 13.2. The average Bonchev–Trinajstić information content (AvgIpc) is 3.05. The molecule has 0 aliphatic carbocycles. The lowest BCUT2D eigenvalue weighted by Crippen LogP contribution is -2.08. The SMILES string of the molecule is FC(F)(F)c1cccnc1-c1cnn2c(Nc3ccc(Cl)nc3)nnc2c1. The second-order valence-electron chi connectivity index (χ2n) is 5.43. The Balaban J connectivity index is 1.72. The summed E-state index contributed by atoms with van der Waals surface area (Å²) in [6.45, 7) is 0. The molecule has 0 bridgehead atoms. The van der Waals surface area contributed by atoms with Gasteiger partial charge < -0.3 is 5.32 Å². The molecular formula is C16H9ClF3N7. The van der Waals surface area contributed by atoms with E-state index in [0.717, 1.165) is 6.07 Å². The zero-order chi connectivity index (χ0) is 19.0. The van der Waals surface area contributed by atoms with Crippen LogP contribution in [-0.4, -0.2) is 29.8 Å². The van der Waals surface area contributed by atoms with Crippen LogP contribution in [0.5, 0.6) is 0 Å². The van der Waals surface area contributed by atoms with Crippen LogP contribution in [0, 0.1) is 0 Å². The van der Waals surface area contributed by atoms with Gasteiger partial charge in [-0.05, 0) is 30.3 Å². The van der Waals surface area contributed by atoms with Crippen LogP contribution < -0.4 is 5.32 Å². The van der Waals surface area contributed by atoms with Crippen LogP contribution in [0.3, 0.4) is 0 Å². The van der Waals surface area contributed by atoms with Gasteiger partial charge in [-0.3, -0.25) is 4.98 Å². The smallest absolute Gasteiger partial charge is 0.321 e. The lowest BCUT2D eigenvalue weighted by Gasteiger charge is -2.11. The van der Waals surface area contributed by atoms with Gasteiger partial charge >= 0.3 is 6.18 Å². The Morgan fingerprint density at radius 1 is 1.04 bits per heavy atom. The van der Waals surface area contributed by atoms with Crippen molar-refractivity contribution in [3.05, 3.63) is 59.6 Å². The third-order valence-corrected chi connectivity index (χ3v) is 3.86. The number of hydrogen-bond acceptors (Lipinski definition) is 6. The summed E-state index contributed by atoms with van der Waals surface area (Å²) in [6.07, 6.45) is -0.461. The van der Waals surface area contributed by atoms with Crippen molar-refractivity contribution in [2.75, 3.05) is 5.32 Å². The van der Waals surface area contributed by atoms with Crippen LogP contribution in [0.1, 0.15) is 5.56 Å². The molecule has 0 aliphatic heterocycles. The molecule has 1 N–H and O–H groups in total. The first-order chi connectivity index (χ1) is 12.9. The summed E-state index contributed by atoms with van der Waals surface area (Å²) < 4.78 is 41.0. The zero-order valence-corrected chi connectivity index (χ0v) is 14.1. The Bertz CT molecular complexity index is 1110. The molecule has 4 aromatic heterocycles. The van der Waals surface area contributed by atoms with E-state index >= 15 is 0 Å². The molecule has 0 fully saturated rings. The van der Waals surface area contributed by atoms with E-state index in [9.17, 15) is 13.2 Å². The predicted octanol–water partition coefficient (Wildman–Crippen LogP) is 4.00. The summed E-state index contributed by atoms with van der Waals surface area (Å²) in [7, 11) is 0. The highest BCUT2D eigenvalue weighted by Crippen LogP contribution is 2.35. The molecule has 0 aliphatic rings. The van der Waals surface area contributed by atoms with E-state index in [1.807, 2.05) is 0 Å². The van der Waals surface area contributed by atoms with E-state index in [4.69, 9.17) is 11.6 Å². The maximum Gasteiger partial charge on any atom is 0.418 e. The van der Waals surface area contributed by atoms with E-state index in [1.165, 1.54) is 35.2 Å². The molecule has 4 rings (SSSR count). The summed E-state index contributed by atoms with van der Waals surface area (Å²) in [5, 5.41) is 15.3. The summed E-state index contributed by atoms with van der Waals surface area (Å²) in [5.74, 6) is 0.276. The number of pyridine rings is 2. The number of fused-ring (bicyclic) bond motifs is 1. The number of anilines is 2. The lowest BCUT2D eigenvalue weighted by molar-refractivity contribution is -0.137. The number of halogens is 4. The normalized spacial score (nSPS) is 11.7. The fourth-order valence-corrected chi connectivity index (χ4v) is 2.55. The van der Waals surface area contributed by atoms with Crippen molar-refractivity contribution in [3.8, 4) is 11.3 Å². The number of rotatable bonds is 3. The van der Waals surface area contributed by atoms with Gasteiger partial charge in [-0.2, -0.15) is 22.8 Å². The molecule has 0 amide bonds. The number of hydrogen-bond donors (Lipinski definition) is 1. The summed E-state index contributed by atoms with van der Waals surface area (Å²) in [4.78, 5) is 7.79. The van der Waals surface area contributed by atoms with Crippen LogP contribution in [0.15, 0.2) is 48.9 Å². The highest BCUT2D eigenvalue weighted by molar-refractivity contribution is 6.29. The third-order valence-electron chi connectivity index (χ3n) is 3.63. The van der Waals surface area contributed by atoms with Gasteiger partial charge in [0.05, 0.1) is 29.3 Å². The minimum absolute atomic E-state index is 0.183. The molecular weight excluding hydrogens is 383 g/mol. The van der Waals surface area contributed by atoms with Gasteiger partial charge in [-0.25, -0.2) is 4.98 Å². The molecule has 7 nitrogen and oxygen atoms in total. The Kier molecular flexibility index (Phi) is 4.11. The van der Waals surface area contributed by atoms with Crippen LogP contribution in [0.4, 0.5) is 24.8 Å². The molecule has 0 spiro atoms. The third kappa shape index (κ3) is 3.38. The first kappa shape index (κ1) is 17.2. The maximum absolute atomic E-state index is 13.2. The van der Waals surface area contributed by atoms with E-state index in [-0.39, 0.29) is 22.9 Å². The van der Waals surface area contributed by atoms with Gasteiger partial charge in [0, 0.05) is 11.8 Å². The van der Waals surface area contributed by atoms with Crippen molar-refractivity contribution >= 4 is 28.9 Å². The average molecular weight is 392 g/mol. The van der Waals surface area contributed by atoms with Crippen LogP contribution in [0.25, 0.3) is 16.9 Å². The standard InChI is InChI=1S/C16H9ClF3N7/c17-12-4-3-10(8-22-12)24-15-26-25-13-6-9(7-23-27(13)15)14-11(16(18,19)20)2-1-5-21-14/h1-8H,(H,24,26). The van der Waals surface area contributed by atoms with Gasteiger partial charge in [-0.15, -0.1) is 10.2 Å². The van der Waals surface area contributed by atoms with Gasteiger partial charge in [0.1, 0.15) is 5.15 Å². The minimum Gasteiger partial charge on any atom is -0.321 e. The number of aromatic nitrogens is 6. The molecule has 11 heteroatoms. The second kappa shape index (κ2) is 6.47. The van der Waals surface area contributed by atoms with Gasteiger partial charge in [0.15, 0.2) is 5.65 Å². The summed E-state index contributed by atoms with van der Waals surface area (Å²) in [6, 6.07) is 6.92. The monoisotopic (exact) mass is 391 g/mol. The van der Waals surface area contributed by atoms with Crippen LogP contribution in [-0.2, 0) is 6.18 Å². The van der Waals surface area contributed by atoms with Crippen molar-refractivity contribution < 1.29 is 13.2 Å². The Hall–Kier alpha value is -3.27. The number of alkyl halides is 3. The molecule has 0 aromatic carbocycles. The van der Waals surface area contributed by atoms with Crippen molar-refractivity contribution in [2.24, 2.45) is 0 Å². The lowest BCUT2D eigenvalue weighted by atomic mass is 10.1. The highest BCUT2D eigenvalue weighted by atomic mass is 35.5. The molecule has 136 valence electrons. The first-order valence-corrected chi connectivity index (χ1v) is 7.92. The number of nitrogens with one attached hydrogen (secondary N) is 1. The number of nitrogens with zero attached hydrogens (tertiary/aromatic N) is 6. The Morgan fingerprint density at radius 3 is 2.63 bits per heavy atom. The van der Waals surface area contributed by atoms with Crippen molar-refractivity contribution in [1.29, 1.82) is 0 Å². The van der Waals surface area contributed by atoms with Crippen LogP contribution >= 0.6 is 11.6 Å². The van der Waals surface area contributed by atoms with E-state index < -0.39 is 11.7 Å². The van der Waals surface area contributed by atoms with Gasteiger partial charge in [0.25, 0.3) is 0 Å². The molecule has 0 saturated heterocycles. The largest absolute Gasteiger partial charge is 0.418 e.